The highest BCUT2D eigenvalue weighted by atomic mass is 32.1. The van der Waals surface area contributed by atoms with Crippen LogP contribution in [0, 0.1) is 0 Å². The molecule has 0 fully saturated rings. The Morgan fingerprint density at radius 1 is 1.69 bits per heavy atom. The minimum absolute atomic E-state index is 0.0482. The van der Waals surface area contributed by atoms with Crippen molar-refractivity contribution in [2.45, 2.75) is 13.0 Å². The van der Waals surface area contributed by atoms with Crippen LogP contribution in [0.2, 0.25) is 0 Å². The number of thiocarbonyl (C=S) groups is 1. The Balaban J connectivity index is 2.44. The van der Waals surface area contributed by atoms with Crippen molar-refractivity contribution in [1.82, 2.24) is 4.98 Å². The molecule has 0 amide bonds. The highest BCUT2D eigenvalue weighted by Gasteiger charge is 2.04. The summed E-state index contributed by atoms with van der Waals surface area (Å²) in [6.07, 6.45) is 0.762. The lowest BCUT2D eigenvalue weighted by atomic mass is 10.3. The van der Waals surface area contributed by atoms with Crippen molar-refractivity contribution in [3.8, 4) is 0 Å². The van der Waals surface area contributed by atoms with Crippen LogP contribution in [0.25, 0.3) is 0 Å². The fraction of sp³-hybridized carbons (Fsp3) is 0.500. The fourth-order valence-corrected chi connectivity index (χ4v) is 1.89. The first kappa shape index (κ1) is 10.7. The molecule has 1 aromatic rings. The summed E-state index contributed by atoms with van der Waals surface area (Å²) in [5, 5.41) is 10.2. The van der Waals surface area contributed by atoms with Crippen LogP contribution < -0.4 is 0 Å². The first-order valence-electron chi connectivity index (χ1n) is 3.92. The summed E-state index contributed by atoms with van der Waals surface area (Å²) < 4.78 is 5.16. The van der Waals surface area contributed by atoms with Crippen molar-refractivity contribution in [2.75, 3.05) is 13.2 Å². The molecule has 0 aliphatic carbocycles. The lowest BCUT2D eigenvalue weighted by molar-refractivity contribution is 0.0797. The number of hydrogen-bond donors (Lipinski definition) is 1. The van der Waals surface area contributed by atoms with Crippen LogP contribution in [0.5, 0.6) is 0 Å². The van der Waals surface area contributed by atoms with Gasteiger partial charge in [0.1, 0.15) is 0 Å². The van der Waals surface area contributed by atoms with E-state index in [-0.39, 0.29) is 6.61 Å². The Morgan fingerprint density at radius 2 is 2.54 bits per heavy atom. The summed E-state index contributed by atoms with van der Waals surface area (Å²) in [6, 6.07) is 0. The zero-order valence-corrected chi connectivity index (χ0v) is 8.74. The summed E-state index contributed by atoms with van der Waals surface area (Å²) >= 11 is 6.35. The summed E-state index contributed by atoms with van der Waals surface area (Å²) in [5.41, 5.74) is 2.71. The molecule has 1 rings (SSSR count). The molecule has 0 saturated heterocycles. The Kier molecular flexibility index (Phi) is 5.07. The lowest BCUT2D eigenvalue weighted by Gasteiger charge is -2.00. The van der Waals surface area contributed by atoms with Gasteiger partial charge in [0, 0.05) is 11.3 Å². The largest absolute Gasteiger partial charge is 0.394 e. The monoisotopic (exact) mass is 217 g/mol. The van der Waals surface area contributed by atoms with E-state index in [1.807, 2.05) is 0 Å². The molecule has 0 aliphatic rings. The average Bonchev–Trinajstić information content (AvgIpc) is 2.54. The van der Waals surface area contributed by atoms with Crippen molar-refractivity contribution in [1.29, 1.82) is 0 Å². The molecule has 0 bridgehead atoms. The number of hydrogen-bond acceptors (Lipinski definition) is 5. The van der Waals surface area contributed by atoms with Gasteiger partial charge in [-0.15, -0.1) is 11.3 Å². The van der Waals surface area contributed by atoms with Gasteiger partial charge in [-0.05, 0) is 5.37 Å². The van der Waals surface area contributed by atoms with Crippen LogP contribution in [0.4, 0.5) is 0 Å². The second-order valence-corrected chi connectivity index (χ2v) is 3.64. The first-order valence-corrected chi connectivity index (χ1v) is 5.27. The molecule has 0 saturated carbocycles. The zero-order chi connectivity index (χ0) is 9.52. The molecule has 0 aliphatic heterocycles. The topological polar surface area (TPSA) is 42.4 Å². The van der Waals surface area contributed by atoms with Crippen molar-refractivity contribution in [3.05, 3.63) is 16.1 Å². The van der Waals surface area contributed by atoms with Crippen LogP contribution >= 0.6 is 23.6 Å². The van der Waals surface area contributed by atoms with Gasteiger partial charge in [0.05, 0.1) is 31.0 Å². The summed E-state index contributed by atoms with van der Waals surface area (Å²) in [6.45, 7) is 0.865. The highest BCUT2D eigenvalue weighted by Crippen LogP contribution is 2.14. The van der Waals surface area contributed by atoms with Crippen molar-refractivity contribution in [2.24, 2.45) is 0 Å². The summed E-state index contributed by atoms with van der Waals surface area (Å²) in [4.78, 5) is 5.30. The van der Waals surface area contributed by atoms with Crippen molar-refractivity contribution in [3.63, 3.8) is 0 Å². The van der Waals surface area contributed by atoms with E-state index >= 15 is 0 Å². The minimum atomic E-state index is 0.0482. The smallest absolute Gasteiger partial charge is 0.0900 e. The summed E-state index contributed by atoms with van der Waals surface area (Å²) in [5.74, 6) is 0. The molecular formula is C8H11NO2S2. The third-order valence-corrected chi connectivity index (χ3v) is 2.53. The van der Waals surface area contributed by atoms with E-state index in [4.69, 9.17) is 22.1 Å². The highest BCUT2D eigenvalue weighted by molar-refractivity contribution is 7.79. The second kappa shape index (κ2) is 6.15. The molecule has 1 N–H and O–H groups in total. The van der Waals surface area contributed by atoms with Crippen LogP contribution in [0.1, 0.15) is 10.6 Å². The van der Waals surface area contributed by atoms with Gasteiger partial charge >= 0.3 is 0 Å². The maximum Gasteiger partial charge on any atom is 0.0900 e. The normalized spacial score (nSPS) is 10.2. The maximum absolute atomic E-state index is 8.50. The van der Waals surface area contributed by atoms with E-state index in [2.05, 4.69) is 4.98 Å². The SMILES string of the molecule is OCCOCc1ncsc1CC=S. The van der Waals surface area contributed by atoms with E-state index in [1.165, 1.54) is 0 Å². The van der Waals surface area contributed by atoms with Crippen molar-refractivity contribution < 1.29 is 9.84 Å². The molecule has 72 valence electrons. The molecule has 0 spiro atoms. The Labute approximate surface area is 86.4 Å². The number of aliphatic hydroxyl groups excluding tert-OH is 1. The predicted octanol–water partition coefficient (Wildman–Crippen LogP) is 1.19. The third kappa shape index (κ3) is 3.48. The van der Waals surface area contributed by atoms with Gasteiger partial charge in [0.15, 0.2) is 0 Å². The van der Waals surface area contributed by atoms with Crippen molar-refractivity contribution >= 4 is 28.9 Å². The number of rotatable bonds is 6. The third-order valence-electron chi connectivity index (χ3n) is 1.47. The quantitative estimate of drug-likeness (QED) is 0.574. The fourth-order valence-electron chi connectivity index (χ4n) is 0.886. The van der Waals surface area contributed by atoms with Gasteiger partial charge in [-0.3, -0.25) is 0 Å². The molecule has 0 radical (unpaired) electrons. The van der Waals surface area contributed by atoms with Gasteiger partial charge in [-0.2, -0.15) is 0 Å². The van der Waals surface area contributed by atoms with E-state index in [1.54, 1.807) is 22.2 Å². The van der Waals surface area contributed by atoms with E-state index in [0.29, 0.717) is 13.2 Å². The van der Waals surface area contributed by atoms with Gasteiger partial charge in [0.25, 0.3) is 0 Å². The Bertz CT molecular complexity index is 262. The molecule has 0 unspecified atom stereocenters. The van der Waals surface area contributed by atoms with Gasteiger partial charge in [-0.25, -0.2) is 4.98 Å². The number of aromatic nitrogens is 1. The molecule has 1 aromatic heterocycles. The van der Waals surface area contributed by atoms with E-state index in [0.717, 1.165) is 17.0 Å². The zero-order valence-electron chi connectivity index (χ0n) is 7.10. The van der Waals surface area contributed by atoms with Crippen LogP contribution in [0.15, 0.2) is 5.51 Å². The average molecular weight is 217 g/mol. The number of thiazole rings is 1. The van der Waals surface area contributed by atoms with E-state index in [9.17, 15) is 0 Å². The molecular weight excluding hydrogens is 206 g/mol. The number of ether oxygens (including phenoxy) is 1. The standard InChI is InChI=1S/C8H11NO2S2/c10-2-3-11-5-7-8(1-4-12)13-6-9-7/h4,6,10H,1-3,5H2. The molecule has 0 atom stereocenters. The minimum Gasteiger partial charge on any atom is -0.394 e. The van der Waals surface area contributed by atoms with Gasteiger partial charge in [-0.1, -0.05) is 12.2 Å². The summed E-state index contributed by atoms with van der Waals surface area (Å²) in [7, 11) is 0. The molecule has 13 heavy (non-hydrogen) atoms. The maximum atomic E-state index is 8.50. The molecule has 5 heteroatoms. The lowest BCUT2D eigenvalue weighted by Crippen LogP contribution is -2.01. The Hall–Kier alpha value is -0.360. The first-order chi connectivity index (χ1) is 6.38. The van der Waals surface area contributed by atoms with Crippen LogP contribution in [-0.2, 0) is 17.8 Å². The molecule has 1 heterocycles. The van der Waals surface area contributed by atoms with Gasteiger partial charge in [0.2, 0.25) is 0 Å². The second-order valence-electron chi connectivity index (χ2n) is 2.37. The number of nitrogens with zero attached hydrogens (tertiary/aromatic N) is 1. The molecule has 3 nitrogen and oxygen atoms in total. The van der Waals surface area contributed by atoms with Crippen LogP contribution in [0.3, 0.4) is 0 Å². The Morgan fingerprint density at radius 3 is 3.23 bits per heavy atom. The predicted molar refractivity (Wildman–Crippen MR) is 56.2 cm³/mol. The van der Waals surface area contributed by atoms with Crippen LogP contribution in [-0.4, -0.2) is 28.7 Å². The molecule has 0 aromatic carbocycles. The van der Waals surface area contributed by atoms with Gasteiger partial charge < -0.3 is 9.84 Å². The van der Waals surface area contributed by atoms with E-state index < -0.39 is 0 Å². The number of aliphatic hydroxyl groups is 1.